The third-order valence-corrected chi connectivity index (χ3v) is 4.23. The maximum absolute atomic E-state index is 13.3. The number of anilines is 1. The van der Waals surface area contributed by atoms with E-state index in [9.17, 15) is 19.2 Å². The number of hydrogen-bond donors (Lipinski definition) is 0. The molecule has 35 heavy (non-hydrogen) atoms. The second-order valence-corrected chi connectivity index (χ2v) is 9.40. The molecule has 1 heterocycles. The van der Waals surface area contributed by atoms with E-state index in [0.29, 0.717) is 10.5 Å². The SMILES string of the molecule is COC(=O)c1cc(N(C(=O)OC(C)(C)C)C(=O)OC(C)(C)C)c(-c2ccccc2)nc1C(=O)OC. The summed E-state index contributed by atoms with van der Waals surface area (Å²) >= 11 is 0. The van der Waals surface area contributed by atoms with Crippen LogP contribution in [0, 0.1) is 0 Å². The molecule has 1 aromatic carbocycles. The number of methoxy groups -OCH3 is 2. The van der Waals surface area contributed by atoms with Crippen molar-refractivity contribution in [1.82, 2.24) is 4.98 Å². The minimum Gasteiger partial charge on any atom is -0.465 e. The normalized spacial score (nSPS) is 11.3. The fourth-order valence-electron chi connectivity index (χ4n) is 2.89. The Labute approximate surface area is 204 Å². The second kappa shape index (κ2) is 10.5. The third kappa shape index (κ3) is 7.02. The molecule has 188 valence electrons. The van der Waals surface area contributed by atoms with Crippen LogP contribution in [0.2, 0.25) is 0 Å². The topological polar surface area (TPSA) is 121 Å². The molecule has 2 aromatic rings. The Hall–Kier alpha value is -3.95. The van der Waals surface area contributed by atoms with Gasteiger partial charge in [-0.3, -0.25) is 0 Å². The van der Waals surface area contributed by atoms with E-state index in [1.54, 1.807) is 71.9 Å². The zero-order valence-corrected chi connectivity index (χ0v) is 21.1. The van der Waals surface area contributed by atoms with Crippen LogP contribution < -0.4 is 4.90 Å². The van der Waals surface area contributed by atoms with Crippen LogP contribution in [0.3, 0.4) is 0 Å². The molecule has 2 rings (SSSR count). The van der Waals surface area contributed by atoms with Gasteiger partial charge >= 0.3 is 24.1 Å². The van der Waals surface area contributed by atoms with E-state index in [-0.39, 0.29) is 22.6 Å². The minimum absolute atomic E-state index is 0.0374. The fourth-order valence-corrected chi connectivity index (χ4v) is 2.89. The lowest BCUT2D eigenvalue weighted by Crippen LogP contribution is -2.44. The number of pyridine rings is 1. The second-order valence-electron chi connectivity index (χ2n) is 9.40. The standard InChI is InChI=1S/C25H30N2O8/c1-24(2,3)34-22(30)27(23(31)35-25(4,5)6)17-14-16(20(28)32-7)19(21(29)33-8)26-18(17)15-12-10-9-11-13-15/h9-14H,1-8H3. The van der Waals surface area contributed by atoms with E-state index in [2.05, 4.69) is 4.98 Å². The summed E-state index contributed by atoms with van der Waals surface area (Å²) in [4.78, 5) is 56.5. The summed E-state index contributed by atoms with van der Waals surface area (Å²) in [6.45, 7) is 9.80. The molecule has 10 heteroatoms. The number of hydrogen-bond acceptors (Lipinski definition) is 9. The molecule has 0 atom stereocenters. The van der Waals surface area contributed by atoms with Crippen molar-refractivity contribution in [1.29, 1.82) is 0 Å². The maximum Gasteiger partial charge on any atom is 0.424 e. The molecule has 1 aromatic heterocycles. The number of rotatable bonds is 4. The Bertz CT molecular complexity index is 1090. The molecule has 0 N–H and O–H groups in total. The Morgan fingerprint density at radius 2 is 1.26 bits per heavy atom. The molecule has 0 aliphatic carbocycles. The van der Waals surface area contributed by atoms with Gasteiger partial charge in [-0.25, -0.2) is 24.2 Å². The molecule has 2 amide bonds. The number of carbonyl (C=O) groups is 4. The largest absolute Gasteiger partial charge is 0.465 e. The summed E-state index contributed by atoms with van der Waals surface area (Å²) < 4.78 is 20.5. The molecule has 0 aliphatic heterocycles. The van der Waals surface area contributed by atoms with Crippen molar-refractivity contribution in [3.8, 4) is 11.3 Å². The number of esters is 2. The molecule has 0 fully saturated rings. The van der Waals surface area contributed by atoms with E-state index >= 15 is 0 Å². The summed E-state index contributed by atoms with van der Waals surface area (Å²) in [6, 6.07) is 9.64. The monoisotopic (exact) mass is 486 g/mol. The highest BCUT2D eigenvalue weighted by molar-refractivity contribution is 6.13. The Kier molecular flexibility index (Phi) is 8.22. The van der Waals surface area contributed by atoms with Crippen molar-refractivity contribution in [2.75, 3.05) is 19.1 Å². The van der Waals surface area contributed by atoms with Crippen molar-refractivity contribution < 1.29 is 38.1 Å². The molecular weight excluding hydrogens is 456 g/mol. The number of carbonyl (C=O) groups excluding carboxylic acids is 4. The van der Waals surface area contributed by atoms with Crippen LogP contribution in [0.5, 0.6) is 0 Å². The van der Waals surface area contributed by atoms with Crippen LogP contribution in [-0.4, -0.2) is 54.5 Å². The van der Waals surface area contributed by atoms with Crippen molar-refractivity contribution in [3.63, 3.8) is 0 Å². The lowest BCUT2D eigenvalue weighted by molar-refractivity contribution is 0.0428. The lowest BCUT2D eigenvalue weighted by atomic mass is 10.0. The van der Waals surface area contributed by atoms with Gasteiger partial charge in [0.05, 0.1) is 31.2 Å². The maximum atomic E-state index is 13.3. The van der Waals surface area contributed by atoms with Crippen LogP contribution in [0.1, 0.15) is 62.4 Å². The first-order valence-electron chi connectivity index (χ1n) is 10.7. The van der Waals surface area contributed by atoms with Gasteiger partial charge in [0.15, 0.2) is 5.69 Å². The fraction of sp³-hybridized carbons (Fsp3) is 0.400. The Morgan fingerprint density at radius 3 is 1.69 bits per heavy atom. The van der Waals surface area contributed by atoms with Crippen molar-refractivity contribution >= 4 is 29.8 Å². The van der Waals surface area contributed by atoms with Crippen LogP contribution >= 0.6 is 0 Å². The van der Waals surface area contributed by atoms with Gasteiger partial charge in [0, 0.05) is 5.56 Å². The average molecular weight is 487 g/mol. The number of imide groups is 1. The highest BCUT2D eigenvalue weighted by Crippen LogP contribution is 2.34. The molecule has 0 aliphatic rings. The Morgan fingerprint density at radius 1 is 0.771 bits per heavy atom. The molecule has 10 nitrogen and oxygen atoms in total. The van der Waals surface area contributed by atoms with Crippen LogP contribution in [0.15, 0.2) is 36.4 Å². The predicted octanol–water partition coefficient (Wildman–Crippen LogP) is 5.00. The number of ether oxygens (including phenoxy) is 4. The number of benzene rings is 1. The lowest BCUT2D eigenvalue weighted by Gasteiger charge is -2.29. The quantitative estimate of drug-likeness (QED) is 0.434. The summed E-state index contributed by atoms with van der Waals surface area (Å²) in [5.74, 6) is -1.83. The molecule has 0 saturated carbocycles. The van der Waals surface area contributed by atoms with E-state index in [1.807, 2.05) is 0 Å². The molecule has 0 spiro atoms. The average Bonchev–Trinajstić information content (AvgIpc) is 2.76. The van der Waals surface area contributed by atoms with Gasteiger partial charge in [-0.15, -0.1) is 0 Å². The van der Waals surface area contributed by atoms with Gasteiger partial charge in [-0.05, 0) is 47.6 Å². The third-order valence-electron chi connectivity index (χ3n) is 4.23. The van der Waals surface area contributed by atoms with Crippen molar-refractivity contribution in [3.05, 3.63) is 47.7 Å². The van der Waals surface area contributed by atoms with Gasteiger partial charge < -0.3 is 18.9 Å². The zero-order valence-electron chi connectivity index (χ0n) is 21.1. The molecule has 0 unspecified atom stereocenters. The zero-order chi connectivity index (χ0) is 26.6. The van der Waals surface area contributed by atoms with Crippen LogP contribution in [0.25, 0.3) is 11.3 Å². The first-order valence-corrected chi connectivity index (χ1v) is 10.7. The predicted molar refractivity (Wildman–Crippen MR) is 127 cm³/mol. The van der Waals surface area contributed by atoms with Gasteiger partial charge in [0.25, 0.3) is 0 Å². The molecular formula is C25H30N2O8. The van der Waals surface area contributed by atoms with Crippen LogP contribution in [-0.2, 0) is 18.9 Å². The molecule has 0 radical (unpaired) electrons. The number of aromatic nitrogens is 1. The summed E-state index contributed by atoms with van der Waals surface area (Å²) in [6.07, 6.45) is -2.13. The Balaban J connectivity index is 2.92. The smallest absolute Gasteiger partial charge is 0.424 e. The van der Waals surface area contributed by atoms with E-state index in [0.717, 1.165) is 20.3 Å². The summed E-state index contributed by atoms with van der Waals surface area (Å²) in [5.41, 5.74) is -2.25. The van der Waals surface area contributed by atoms with Crippen molar-refractivity contribution in [2.45, 2.75) is 52.7 Å². The van der Waals surface area contributed by atoms with E-state index < -0.39 is 35.3 Å². The van der Waals surface area contributed by atoms with Crippen LogP contribution in [0.4, 0.5) is 15.3 Å². The van der Waals surface area contributed by atoms with Gasteiger partial charge in [-0.1, -0.05) is 30.3 Å². The molecule has 0 saturated heterocycles. The van der Waals surface area contributed by atoms with Gasteiger partial charge in [0.2, 0.25) is 0 Å². The first kappa shape index (κ1) is 27.3. The first-order chi connectivity index (χ1) is 16.2. The molecule has 0 bridgehead atoms. The summed E-state index contributed by atoms with van der Waals surface area (Å²) in [7, 11) is 2.25. The highest BCUT2D eigenvalue weighted by Gasteiger charge is 2.36. The number of nitrogens with zero attached hydrogens (tertiary/aromatic N) is 2. The van der Waals surface area contributed by atoms with Gasteiger partial charge in [-0.2, -0.15) is 4.90 Å². The van der Waals surface area contributed by atoms with E-state index in [4.69, 9.17) is 18.9 Å². The number of amides is 2. The van der Waals surface area contributed by atoms with E-state index in [1.165, 1.54) is 0 Å². The minimum atomic E-state index is -1.06. The van der Waals surface area contributed by atoms with Crippen molar-refractivity contribution in [2.24, 2.45) is 0 Å². The van der Waals surface area contributed by atoms with Gasteiger partial charge in [0.1, 0.15) is 11.2 Å². The highest BCUT2D eigenvalue weighted by atomic mass is 16.6. The summed E-state index contributed by atoms with van der Waals surface area (Å²) in [5, 5.41) is 0.